The Morgan fingerprint density at radius 1 is 1.11 bits per heavy atom. The van der Waals surface area contributed by atoms with Crippen molar-refractivity contribution in [2.75, 3.05) is 11.6 Å². The lowest BCUT2D eigenvalue weighted by Crippen LogP contribution is -2.13. The Hall–Kier alpha value is -1.66. The summed E-state index contributed by atoms with van der Waals surface area (Å²) in [6.07, 6.45) is 1.94. The molecule has 0 spiro atoms. The van der Waals surface area contributed by atoms with E-state index in [9.17, 15) is 4.79 Å². The van der Waals surface area contributed by atoms with Crippen LogP contribution >= 0.6 is 46.6 Å². The second-order valence-electron chi connectivity index (χ2n) is 5.83. The van der Waals surface area contributed by atoms with Crippen LogP contribution in [0.4, 0.5) is 5.82 Å². The van der Waals surface area contributed by atoms with Crippen molar-refractivity contribution < 1.29 is 4.79 Å². The fraction of sp³-hybridized carbons (Fsp3) is 0.158. The van der Waals surface area contributed by atoms with Gasteiger partial charge in [0.1, 0.15) is 0 Å². The molecule has 27 heavy (non-hydrogen) atoms. The zero-order chi connectivity index (χ0) is 19.6. The Labute approximate surface area is 176 Å². The van der Waals surface area contributed by atoms with Gasteiger partial charge in [-0.3, -0.25) is 9.48 Å². The highest BCUT2D eigenvalue weighted by Gasteiger charge is 2.15. The van der Waals surface area contributed by atoms with Crippen molar-refractivity contribution in [2.24, 2.45) is 0 Å². The Morgan fingerprint density at radius 3 is 2.48 bits per heavy atom. The predicted molar refractivity (Wildman–Crippen MR) is 114 cm³/mol. The lowest BCUT2D eigenvalue weighted by Gasteiger charge is -2.09. The van der Waals surface area contributed by atoms with Gasteiger partial charge in [-0.2, -0.15) is 5.10 Å². The summed E-state index contributed by atoms with van der Waals surface area (Å²) in [7, 11) is 0. The first-order chi connectivity index (χ1) is 12.9. The first-order valence-corrected chi connectivity index (χ1v) is 10.4. The lowest BCUT2D eigenvalue weighted by atomic mass is 10.2. The molecule has 0 aliphatic rings. The van der Waals surface area contributed by atoms with E-state index in [0.717, 1.165) is 16.2 Å². The Balaban J connectivity index is 1.82. The molecule has 3 aromatic rings. The van der Waals surface area contributed by atoms with Gasteiger partial charge >= 0.3 is 0 Å². The highest BCUT2D eigenvalue weighted by Crippen LogP contribution is 2.27. The average Bonchev–Trinajstić information content (AvgIpc) is 2.97. The van der Waals surface area contributed by atoms with E-state index >= 15 is 0 Å². The second-order valence-corrected chi connectivity index (χ2v) is 7.93. The van der Waals surface area contributed by atoms with Gasteiger partial charge in [0.25, 0.3) is 5.91 Å². The normalized spacial score (nSPS) is 10.9. The molecule has 0 bridgehead atoms. The number of nitrogens with zero attached hydrogens (tertiary/aromatic N) is 2. The van der Waals surface area contributed by atoms with Gasteiger partial charge in [0.05, 0.1) is 17.1 Å². The molecule has 8 heteroatoms. The number of aryl methyl sites for hydroxylation is 1. The van der Waals surface area contributed by atoms with Crippen molar-refractivity contribution in [1.29, 1.82) is 0 Å². The largest absolute Gasteiger partial charge is 0.305 e. The number of carbonyl (C=O) groups excluding carboxylic acids is 1. The van der Waals surface area contributed by atoms with Crippen molar-refractivity contribution in [2.45, 2.75) is 18.4 Å². The maximum atomic E-state index is 12.6. The Morgan fingerprint density at radius 2 is 1.81 bits per heavy atom. The van der Waals surface area contributed by atoms with E-state index in [4.69, 9.17) is 34.8 Å². The van der Waals surface area contributed by atoms with Gasteiger partial charge < -0.3 is 5.32 Å². The molecule has 0 aliphatic carbocycles. The van der Waals surface area contributed by atoms with Crippen LogP contribution < -0.4 is 5.32 Å². The molecule has 0 aliphatic heterocycles. The molecule has 1 aromatic heterocycles. The molecule has 1 amide bonds. The third-order valence-corrected chi connectivity index (χ3v) is 5.77. The molecule has 0 saturated heterocycles. The van der Waals surface area contributed by atoms with E-state index in [2.05, 4.69) is 10.4 Å². The Kier molecular flexibility index (Phi) is 6.37. The van der Waals surface area contributed by atoms with Gasteiger partial charge in [-0.05, 0) is 43.5 Å². The molecular formula is C19H16Cl3N3OS. The standard InChI is InChI=1S/C19H16Cl3N3OS/c1-11-8-18(23-19(26)13-9-12(27-2)6-7-17(13)22)24-25(11)10-14-15(20)4-3-5-16(14)21/h3-9H,10H2,1-2H3,(H,23,24,26). The summed E-state index contributed by atoms with van der Waals surface area (Å²) in [4.78, 5) is 13.6. The molecule has 1 heterocycles. The quantitative estimate of drug-likeness (QED) is 0.482. The van der Waals surface area contributed by atoms with Gasteiger partial charge in [-0.15, -0.1) is 11.8 Å². The number of thioether (sulfide) groups is 1. The molecule has 3 rings (SSSR count). The van der Waals surface area contributed by atoms with Crippen LogP contribution in [0.15, 0.2) is 47.4 Å². The van der Waals surface area contributed by atoms with Crippen molar-refractivity contribution in [3.8, 4) is 0 Å². The van der Waals surface area contributed by atoms with Crippen LogP contribution in [-0.2, 0) is 6.54 Å². The van der Waals surface area contributed by atoms with Crippen molar-refractivity contribution in [3.05, 3.63) is 74.4 Å². The number of hydrogen-bond donors (Lipinski definition) is 1. The minimum absolute atomic E-state index is 0.309. The topological polar surface area (TPSA) is 46.9 Å². The summed E-state index contributed by atoms with van der Waals surface area (Å²) in [6, 6.07) is 12.5. The Bertz CT molecular complexity index is 984. The summed E-state index contributed by atoms with van der Waals surface area (Å²) < 4.78 is 1.74. The van der Waals surface area contributed by atoms with Crippen LogP contribution in [0.2, 0.25) is 15.1 Å². The maximum absolute atomic E-state index is 12.6. The fourth-order valence-corrected chi connectivity index (χ4v) is 3.71. The van der Waals surface area contributed by atoms with E-state index in [1.54, 1.807) is 52.8 Å². The summed E-state index contributed by atoms with van der Waals surface area (Å²) in [5.74, 6) is 0.127. The van der Waals surface area contributed by atoms with Crippen molar-refractivity contribution in [3.63, 3.8) is 0 Å². The monoisotopic (exact) mass is 439 g/mol. The number of halogens is 3. The van der Waals surface area contributed by atoms with E-state index in [0.29, 0.717) is 33.0 Å². The van der Waals surface area contributed by atoms with E-state index in [1.165, 1.54) is 0 Å². The number of hydrogen-bond acceptors (Lipinski definition) is 3. The second kappa shape index (κ2) is 8.57. The van der Waals surface area contributed by atoms with E-state index < -0.39 is 0 Å². The van der Waals surface area contributed by atoms with Crippen LogP contribution in [0.25, 0.3) is 0 Å². The number of anilines is 1. The van der Waals surface area contributed by atoms with E-state index in [-0.39, 0.29) is 5.91 Å². The molecule has 1 N–H and O–H groups in total. The molecule has 0 unspecified atom stereocenters. The number of aromatic nitrogens is 2. The average molecular weight is 441 g/mol. The van der Waals surface area contributed by atoms with Gasteiger partial charge in [-0.25, -0.2) is 0 Å². The van der Waals surface area contributed by atoms with Crippen LogP contribution in [0.1, 0.15) is 21.6 Å². The third kappa shape index (κ3) is 4.61. The molecule has 0 saturated carbocycles. The molecule has 140 valence electrons. The highest BCUT2D eigenvalue weighted by molar-refractivity contribution is 7.98. The predicted octanol–water partition coefficient (Wildman–Crippen LogP) is 6.17. The van der Waals surface area contributed by atoms with Crippen LogP contribution in [0, 0.1) is 6.92 Å². The first-order valence-electron chi connectivity index (χ1n) is 8.01. The molecule has 0 fully saturated rings. The van der Waals surface area contributed by atoms with E-state index in [1.807, 2.05) is 19.2 Å². The summed E-state index contributed by atoms with van der Waals surface area (Å²) in [6.45, 7) is 2.30. The number of carbonyl (C=O) groups is 1. The molecule has 0 radical (unpaired) electrons. The zero-order valence-electron chi connectivity index (χ0n) is 14.6. The summed E-state index contributed by atoms with van der Waals surface area (Å²) in [5.41, 5.74) is 2.05. The summed E-state index contributed by atoms with van der Waals surface area (Å²) in [5, 5.41) is 8.78. The molecule has 0 atom stereocenters. The third-order valence-electron chi connectivity index (χ3n) is 4.01. The number of benzene rings is 2. The number of rotatable bonds is 5. The smallest absolute Gasteiger partial charge is 0.258 e. The van der Waals surface area contributed by atoms with Crippen molar-refractivity contribution in [1.82, 2.24) is 9.78 Å². The molecule has 2 aromatic carbocycles. The minimum atomic E-state index is -0.309. The number of amides is 1. The van der Waals surface area contributed by atoms with Gasteiger partial charge in [0.2, 0.25) is 0 Å². The fourth-order valence-electron chi connectivity index (χ4n) is 2.55. The van der Waals surface area contributed by atoms with Gasteiger partial charge in [-0.1, -0.05) is 40.9 Å². The van der Waals surface area contributed by atoms with Crippen LogP contribution in [0.5, 0.6) is 0 Å². The van der Waals surface area contributed by atoms with Crippen LogP contribution in [-0.4, -0.2) is 21.9 Å². The van der Waals surface area contributed by atoms with Crippen molar-refractivity contribution >= 4 is 58.3 Å². The molecular weight excluding hydrogens is 425 g/mol. The lowest BCUT2D eigenvalue weighted by molar-refractivity contribution is 0.102. The first kappa shape index (κ1) is 20.1. The minimum Gasteiger partial charge on any atom is -0.305 e. The van der Waals surface area contributed by atoms with Gasteiger partial charge in [0, 0.05) is 32.3 Å². The van der Waals surface area contributed by atoms with Gasteiger partial charge in [0.15, 0.2) is 5.82 Å². The highest BCUT2D eigenvalue weighted by atomic mass is 35.5. The maximum Gasteiger partial charge on any atom is 0.258 e. The number of nitrogens with one attached hydrogen (secondary N) is 1. The zero-order valence-corrected chi connectivity index (χ0v) is 17.7. The summed E-state index contributed by atoms with van der Waals surface area (Å²) >= 11 is 20.2. The molecule has 4 nitrogen and oxygen atoms in total. The SMILES string of the molecule is CSc1ccc(Cl)c(C(=O)Nc2cc(C)n(Cc3c(Cl)cccc3Cl)n2)c1. The van der Waals surface area contributed by atoms with Crippen LogP contribution in [0.3, 0.4) is 0 Å².